The molecule has 0 aliphatic carbocycles. The first-order chi connectivity index (χ1) is 13.4. The maximum absolute atomic E-state index is 14.6. The average Bonchev–Trinajstić information content (AvgIpc) is 2.56. The van der Waals surface area contributed by atoms with Gasteiger partial charge in [-0.15, -0.1) is 0 Å². The second-order valence-corrected chi connectivity index (χ2v) is 9.92. The summed E-state index contributed by atoms with van der Waals surface area (Å²) in [6, 6.07) is 0. The lowest BCUT2D eigenvalue weighted by Gasteiger charge is -2.44. The van der Waals surface area contributed by atoms with E-state index >= 15 is 0 Å². The Morgan fingerprint density at radius 3 is 1.71 bits per heavy atom. The molecule has 5 nitrogen and oxygen atoms in total. The van der Waals surface area contributed by atoms with E-state index in [2.05, 4.69) is 30.1 Å². The molecule has 0 aliphatic heterocycles. The highest BCUT2D eigenvalue weighted by molar-refractivity contribution is 9.10. The fraction of sp³-hybridized carbons (Fsp3) is 0.941. The van der Waals surface area contributed by atoms with Crippen LogP contribution in [0.4, 0.5) is 35.1 Å². The number of halogens is 9. The molecule has 14 heteroatoms. The van der Waals surface area contributed by atoms with Gasteiger partial charge in [-0.1, -0.05) is 22.9 Å². The fourth-order valence-electron chi connectivity index (χ4n) is 2.00. The topological polar surface area (TPSA) is 65.0 Å². The number of carbonyl (C=O) groups is 1. The van der Waals surface area contributed by atoms with Gasteiger partial charge in [0.25, 0.3) is 5.92 Å². The number of aliphatic hydroxyl groups is 1. The molecule has 0 rings (SSSR count). The van der Waals surface area contributed by atoms with E-state index in [0.29, 0.717) is 13.8 Å². The van der Waals surface area contributed by atoms with Crippen molar-refractivity contribution in [1.29, 1.82) is 0 Å². The molecule has 1 N–H and O–H groups in total. The van der Waals surface area contributed by atoms with Gasteiger partial charge in [0.1, 0.15) is 22.1 Å². The van der Waals surface area contributed by atoms with Crippen LogP contribution in [-0.4, -0.2) is 63.9 Å². The Bertz CT molecular complexity index is 637. The van der Waals surface area contributed by atoms with Crippen LogP contribution in [0.1, 0.15) is 48.0 Å². The third-order valence-electron chi connectivity index (χ3n) is 4.40. The summed E-state index contributed by atoms with van der Waals surface area (Å²) in [6.07, 6.45) is -11.5. The highest BCUT2D eigenvalue weighted by Crippen LogP contribution is 2.51. The van der Waals surface area contributed by atoms with Crippen molar-refractivity contribution in [2.24, 2.45) is 0 Å². The maximum atomic E-state index is 14.6. The van der Waals surface area contributed by atoms with Gasteiger partial charge in [-0.3, -0.25) is 4.79 Å². The van der Waals surface area contributed by atoms with Crippen LogP contribution in [0.25, 0.3) is 0 Å². The Labute approximate surface area is 182 Å². The lowest BCUT2D eigenvalue weighted by atomic mass is 9.92. The molecule has 0 aromatic rings. The normalized spacial score (nSPS) is 16.8. The first-order valence-corrected chi connectivity index (χ1v) is 9.59. The van der Waals surface area contributed by atoms with E-state index in [1.54, 1.807) is 0 Å². The standard InChI is InChI=1S/C17H25BrF8O5/c1-7-13(6,31-15(21,22)9-29-10(28)11(2,3)18)16(23,24)17(25,26)30-12(4,5)14(19,20)8-27/h27H,7-9H2,1-6H3. The molecular weight excluding hydrogens is 516 g/mol. The smallest absolute Gasteiger partial charge is 0.423 e. The second kappa shape index (κ2) is 9.26. The molecule has 0 amide bonds. The van der Waals surface area contributed by atoms with Crippen molar-refractivity contribution in [2.45, 2.75) is 87.6 Å². The Kier molecular flexibility index (Phi) is 9.04. The molecule has 0 heterocycles. The number of ether oxygens (including phenoxy) is 3. The third kappa shape index (κ3) is 6.87. The van der Waals surface area contributed by atoms with Crippen molar-refractivity contribution in [1.82, 2.24) is 0 Å². The van der Waals surface area contributed by atoms with Crippen molar-refractivity contribution < 1.29 is 59.2 Å². The molecule has 0 spiro atoms. The van der Waals surface area contributed by atoms with E-state index in [4.69, 9.17) is 5.11 Å². The first kappa shape index (κ1) is 30.3. The second-order valence-electron chi connectivity index (χ2n) is 7.94. The van der Waals surface area contributed by atoms with Gasteiger partial charge in [-0.2, -0.15) is 26.3 Å². The van der Waals surface area contributed by atoms with Gasteiger partial charge in [0.15, 0.2) is 6.61 Å². The minimum absolute atomic E-state index is 0.200. The summed E-state index contributed by atoms with van der Waals surface area (Å²) in [5.41, 5.74) is -6.97. The molecule has 0 aromatic carbocycles. The Morgan fingerprint density at radius 1 is 0.903 bits per heavy atom. The summed E-state index contributed by atoms with van der Waals surface area (Å²) in [5.74, 6) is -11.2. The first-order valence-electron chi connectivity index (χ1n) is 8.80. The number of esters is 1. The highest BCUT2D eigenvalue weighted by atomic mass is 79.9. The maximum Gasteiger partial charge on any atom is 0.423 e. The minimum atomic E-state index is -5.73. The zero-order valence-electron chi connectivity index (χ0n) is 17.6. The summed E-state index contributed by atoms with van der Waals surface area (Å²) in [5, 5.41) is 8.62. The van der Waals surface area contributed by atoms with E-state index in [9.17, 15) is 39.9 Å². The summed E-state index contributed by atoms with van der Waals surface area (Å²) >= 11 is 2.82. The van der Waals surface area contributed by atoms with Crippen LogP contribution in [0.15, 0.2) is 0 Å². The van der Waals surface area contributed by atoms with Gasteiger partial charge < -0.3 is 19.3 Å². The molecule has 0 fully saturated rings. The summed E-state index contributed by atoms with van der Waals surface area (Å²) in [7, 11) is 0. The molecule has 0 aliphatic rings. The quantitative estimate of drug-likeness (QED) is 0.211. The molecule has 31 heavy (non-hydrogen) atoms. The van der Waals surface area contributed by atoms with E-state index in [0.717, 1.165) is 6.92 Å². The summed E-state index contributed by atoms with van der Waals surface area (Å²) < 4.78 is 124. The molecule has 0 saturated carbocycles. The number of rotatable bonds is 12. The summed E-state index contributed by atoms with van der Waals surface area (Å²) in [6.45, 7) is 0.220. The number of hydrogen-bond acceptors (Lipinski definition) is 5. The van der Waals surface area contributed by atoms with Gasteiger partial charge in [0.2, 0.25) is 0 Å². The molecule has 1 atom stereocenters. The minimum Gasteiger partial charge on any atom is -0.455 e. The molecule has 0 radical (unpaired) electrons. The van der Waals surface area contributed by atoms with Crippen LogP contribution in [0, 0.1) is 0 Å². The van der Waals surface area contributed by atoms with Crippen molar-refractivity contribution in [3.05, 3.63) is 0 Å². The zero-order chi connectivity index (χ0) is 25.3. The molecular formula is C17H25BrF8O5. The van der Waals surface area contributed by atoms with Crippen LogP contribution < -0.4 is 0 Å². The van der Waals surface area contributed by atoms with Crippen molar-refractivity contribution >= 4 is 21.9 Å². The highest BCUT2D eigenvalue weighted by Gasteiger charge is 2.72. The molecule has 0 bridgehead atoms. The SMILES string of the molecule is CCC(C)(OC(F)(F)COC(=O)C(C)(C)Br)C(F)(F)C(F)(F)OC(C)(C)C(F)(F)CO. The molecule has 0 aromatic heterocycles. The number of aliphatic hydroxyl groups excluding tert-OH is 1. The predicted octanol–water partition coefficient (Wildman–Crippen LogP) is 5.13. The lowest BCUT2D eigenvalue weighted by Crippen LogP contribution is -2.64. The van der Waals surface area contributed by atoms with Crippen molar-refractivity contribution in [3.8, 4) is 0 Å². The van der Waals surface area contributed by atoms with E-state index in [1.165, 1.54) is 13.8 Å². The van der Waals surface area contributed by atoms with Gasteiger partial charge in [0, 0.05) is 0 Å². The van der Waals surface area contributed by atoms with Gasteiger partial charge in [-0.25, -0.2) is 8.78 Å². The Hall–Kier alpha value is -0.730. The summed E-state index contributed by atoms with van der Waals surface area (Å²) in [4.78, 5) is 11.5. The van der Waals surface area contributed by atoms with Crippen molar-refractivity contribution in [3.63, 3.8) is 0 Å². The monoisotopic (exact) mass is 540 g/mol. The largest absolute Gasteiger partial charge is 0.455 e. The van der Waals surface area contributed by atoms with Gasteiger partial charge in [-0.05, 0) is 41.0 Å². The fourth-order valence-corrected chi connectivity index (χ4v) is 2.11. The van der Waals surface area contributed by atoms with Crippen LogP contribution in [0.5, 0.6) is 0 Å². The van der Waals surface area contributed by atoms with Gasteiger partial charge >= 0.3 is 24.1 Å². The van der Waals surface area contributed by atoms with E-state index < -0.39 is 65.2 Å². The van der Waals surface area contributed by atoms with E-state index in [-0.39, 0.29) is 6.92 Å². The molecule has 186 valence electrons. The van der Waals surface area contributed by atoms with Crippen LogP contribution in [0.2, 0.25) is 0 Å². The van der Waals surface area contributed by atoms with Crippen LogP contribution in [-0.2, 0) is 19.0 Å². The predicted molar refractivity (Wildman–Crippen MR) is 95.8 cm³/mol. The average molecular weight is 541 g/mol. The number of carbonyl (C=O) groups excluding carboxylic acids is 1. The number of alkyl halides is 9. The molecule has 0 saturated heterocycles. The number of hydrogen-bond donors (Lipinski definition) is 1. The van der Waals surface area contributed by atoms with Crippen molar-refractivity contribution in [2.75, 3.05) is 13.2 Å². The van der Waals surface area contributed by atoms with Crippen LogP contribution in [0.3, 0.4) is 0 Å². The molecule has 1 unspecified atom stereocenters. The Morgan fingerprint density at radius 2 is 1.35 bits per heavy atom. The lowest BCUT2D eigenvalue weighted by molar-refractivity contribution is -0.449. The van der Waals surface area contributed by atoms with Crippen LogP contribution >= 0.6 is 15.9 Å². The van der Waals surface area contributed by atoms with Gasteiger partial charge in [0.05, 0.1) is 0 Å². The Balaban J connectivity index is 5.81. The van der Waals surface area contributed by atoms with E-state index in [1.807, 2.05) is 0 Å². The third-order valence-corrected chi connectivity index (χ3v) is 4.72. The zero-order valence-corrected chi connectivity index (χ0v) is 19.2.